The Kier molecular flexibility index (Phi) is 5.73. The van der Waals surface area contributed by atoms with Crippen LogP contribution >= 0.6 is 0 Å². The van der Waals surface area contributed by atoms with Crippen molar-refractivity contribution < 1.29 is 13.2 Å². The molecule has 0 heterocycles. The lowest BCUT2D eigenvalue weighted by Crippen LogP contribution is -2.47. The standard InChI is InChI=1S/C14H28F3N/c1-10(2)11(14(15,16)17)18-9-8-13(6,7)12(3,4)5/h10-11,18H,8-9H2,1-7H3/t11-/m0/s1. The lowest BCUT2D eigenvalue weighted by Gasteiger charge is -2.39. The summed E-state index contributed by atoms with van der Waals surface area (Å²) < 4.78 is 38.3. The van der Waals surface area contributed by atoms with E-state index >= 15 is 0 Å². The summed E-state index contributed by atoms with van der Waals surface area (Å²) >= 11 is 0. The van der Waals surface area contributed by atoms with Gasteiger partial charge in [-0.05, 0) is 29.7 Å². The van der Waals surface area contributed by atoms with E-state index in [0.717, 1.165) is 6.42 Å². The Morgan fingerprint density at radius 3 is 1.67 bits per heavy atom. The third kappa shape index (κ3) is 5.17. The molecule has 0 spiro atoms. The Morgan fingerprint density at radius 2 is 1.39 bits per heavy atom. The van der Waals surface area contributed by atoms with Crippen molar-refractivity contribution in [3.8, 4) is 0 Å². The SMILES string of the molecule is CC(C)[C@H](NCCC(C)(C)C(C)(C)C)C(F)(F)F. The molecule has 0 amide bonds. The van der Waals surface area contributed by atoms with E-state index in [9.17, 15) is 13.2 Å². The predicted molar refractivity (Wildman–Crippen MR) is 70.5 cm³/mol. The van der Waals surface area contributed by atoms with Gasteiger partial charge in [0.25, 0.3) is 0 Å². The lowest BCUT2D eigenvalue weighted by atomic mass is 9.67. The Labute approximate surface area is 110 Å². The summed E-state index contributed by atoms with van der Waals surface area (Å²) in [7, 11) is 0. The molecule has 1 N–H and O–H groups in total. The van der Waals surface area contributed by atoms with E-state index in [2.05, 4.69) is 39.9 Å². The maximum Gasteiger partial charge on any atom is 0.404 e. The topological polar surface area (TPSA) is 12.0 Å². The molecule has 0 aliphatic rings. The van der Waals surface area contributed by atoms with Crippen molar-refractivity contribution in [2.24, 2.45) is 16.7 Å². The van der Waals surface area contributed by atoms with Gasteiger partial charge >= 0.3 is 6.18 Å². The van der Waals surface area contributed by atoms with Gasteiger partial charge in [-0.2, -0.15) is 13.2 Å². The highest BCUT2D eigenvalue weighted by molar-refractivity contribution is 4.85. The summed E-state index contributed by atoms with van der Waals surface area (Å²) in [6.45, 7) is 14.2. The van der Waals surface area contributed by atoms with Crippen molar-refractivity contribution in [1.29, 1.82) is 0 Å². The number of rotatable bonds is 5. The quantitative estimate of drug-likeness (QED) is 0.766. The Balaban J connectivity index is 4.42. The number of hydrogen-bond acceptors (Lipinski definition) is 1. The average Bonchev–Trinajstić information content (AvgIpc) is 2.07. The largest absolute Gasteiger partial charge is 0.404 e. The van der Waals surface area contributed by atoms with Crippen LogP contribution in [0.5, 0.6) is 0 Å². The maximum atomic E-state index is 12.8. The van der Waals surface area contributed by atoms with E-state index in [4.69, 9.17) is 0 Å². The summed E-state index contributed by atoms with van der Waals surface area (Å²) in [5, 5.41) is 2.66. The molecule has 0 unspecified atom stereocenters. The first-order valence-corrected chi connectivity index (χ1v) is 6.59. The van der Waals surface area contributed by atoms with Gasteiger partial charge in [0.2, 0.25) is 0 Å². The summed E-state index contributed by atoms with van der Waals surface area (Å²) in [6, 6.07) is -1.41. The molecule has 0 aromatic rings. The van der Waals surface area contributed by atoms with Gasteiger partial charge in [0, 0.05) is 0 Å². The van der Waals surface area contributed by atoms with Gasteiger partial charge in [0.1, 0.15) is 6.04 Å². The highest BCUT2D eigenvalue weighted by Crippen LogP contribution is 2.40. The van der Waals surface area contributed by atoms with Crippen LogP contribution in [0.4, 0.5) is 13.2 Å². The molecule has 0 aliphatic heterocycles. The van der Waals surface area contributed by atoms with E-state index in [1.165, 1.54) is 0 Å². The fourth-order valence-corrected chi connectivity index (χ4v) is 1.64. The van der Waals surface area contributed by atoms with Crippen molar-refractivity contribution in [3.63, 3.8) is 0 Å². The molecule has 110 valence electrons. The summed E-state index contributed by atoms with van der Waals surface area (Å²) in [6.07, 6.45) is -3.43. The van der Waals surface area contributed by atoms with E-state index in [1.807, 2.05) is 0 Å². The minimum absolute atomic E-state index is 0.00707. The van der Waals surface area contributed by atoms with Gasteiger partial charge in [-0.3, -0.25) is 0 Å². The highest BCUT2D eigenvalue weighted by Gasteiger charge is 2.41. The second kappa shape index (κ2) is 5.81. The molecular weight excluding hydrogens is 239 g/mol. The molecule has 1 nitrogen and oxygen atoms in total. The number of nitrogens with one attached hydrogen (secondary N) is 1. The second-order valence-electron chi connectivity index (χ2n) is 7.10. The first kappa shape index (κ1) is 17.8. The Bertz CT molecular complexity index is 249. The minimum Gasteiger partial charge on any atom is -0.306 e. The molecule has 1 atom stereocenters. The molecule has 0 aromatic heterocycles. The van der Waals surface area contributed by atoms with Crippen LogP contribution < -0.4 is 5.32 Å². The molecule has 0 aliphatic carbocycles. The van der Waals surface area contributed by atoms with Crippen LogP contribution in [0, 0.1) is 16.7 Å². The third-order valence-electron chi connectivity index (χ3n) is 4.16. The molecular formula is C14H28F3N. The van der Waals surface area contributed by atoms with Gasteiger partial charge in [0.15, 0.2) is 0 Å². The fraction of sp³-hybridized carbons (Fsp3) is 1.00. The van der Waals surface area contributed by atoms with Crippen molar-refractivity contribution >= 4 is 0 Å². The van der Waals surface area contributed by atoms with E-state index in [0.29, 0.717) is 6.54 Å². The van der Waals surface area contributed by atoms with Gasteiger partial charge in [0.05, 0.1) is 0 Å². The molecule has 0 fully saturated rings. The fourth-order valence-electron chi connectivity index (χ4n) is 1.64. The Morgan fingerprint density at radius 1 is 0.944 bits per heavy atom. The predicted octanol–water partition coefficient (Wildman–Crippen LogP) is 4.63. The lowest BCUT2D eigenvalue weighted by molar-refractivity contribution is -0.165. The smallest absolute Gasteiger partial charge is 0.306 e. The van der Waals surface area contributed by atoms with Crippen LogP contribution in [-0.2, 0) is 0 Å². The van der Waals surface area contributed by atoms with Gasteiger partial charge in [-0.25, -0.2) is 0 Å². The second-order valence-corrected chi connectivity index (χ2v) is 7.10. The monoisotopic (exact) mass is 267 g/mol. The molecule has 0 saturated heterocycles. The van der Waals surface area contributed by atoms with Gasteiger partial charge in [-0.1, -0.05) is 48.5 Å². The van der Waals surface area contributed by atoms with Crippen LogP contribution in [0.25, 0.3) is 0 Å². The summed E-state index contributed by atoms with van der Waals surface area (Å²) in [4.78, 5) is 0. The van der Waals surface area contributed by atoms with E-state index < -0.39 is 18.1 Å². The van der Waals surface area contributed by atoms with Crippen LogP contribution in [0.3, 0.4) is 0 Å². The van der Waals surface area contributed by atoms with Crippen LogP contribution in [0.2, 0.25) is 0 Å². The molecule has 0 rings (SSSR count). The summed E-state index contributed by atoms with van der Waals surface area (Å²) in [5.41, 5.74) is 0.0906. The molecule has 0 aromatic carbocycles. The zero-order valence-corrected chi connectivity index (χ0v) is 12.7. The Hall–Kier alpha value is -0.250. The molecule has 18 heavy (non-hydrogen) atoms. The maximum absolute atomic E-state index is 12.8. The van der Waals surface area contributed by atoms with Crippen molar-refractivity contribution in [2.75, 3.05) is 6.54 Å². The van der Waals surface area contributed by atoms with Crippen molar-refractivity contribution in [2.45, 2.75) is 67.1 Å². The molecule has 0 radical (unpaired) electrons. The zero-order chi connectivity index (χ0) is 14.8. The highest BCUT2D eigenvalue weighted by atomic mass is 19.4. The number of alkyl halides is 3. The van der Waals surface area contributed by atoms with Crippen molar-refractivity contribution in [1.82, 2.24) is 5.32 Å². The van der Waals surface area contributed by atoms with E-state index in [-0.39, 0.29) is 10.8 Å². The molecule has 0 bridgehead atoms. The average molecular weight is 267 g/mol. The first-order chi connectivity index (χ1) is 7.79. The molecule has 0 saturated carbocycles. The number of hydrogen-bond donors (Lipinski definition) is 1. The first-order valence-electron chi connectivity index (χ1n) is 6.59. The van der Waals surface area contributed by atoms with Gasteiger partial charge in [-0.15, -0.1) is 0 Å². The normalized spacial score (nSPS) is 16.2. The van der Waals surface area contributed by atoms with Gasteiger partial charge < -0.3 is 5.32 Å². The zero-order valence-electron chi connectivity index (χ0n) is 12.7. The minimum atomic E-state index is -4.17. The van der Waals surface area contributed by atoms with Crippen molar-refractivity contribution in [3.05, 3.63) is 0 Å². The molecule has 4 heteroatoms. The van der Waals surface area contributed by atoms with E-state index in [1.54, 1.807) is 13.8 Å². The van der Waals surface area contributed by atoms with Crippen LogP contribution in [0.15, 0.2) is 0 Å². The van der Waals surface area contributed by atoms with Crippen LogP contribution in [-0.4, -0.2) is 18.8 Å². The van der Waals surface area contributed by atoms with Crippen LogP contribution in [0.1, 0.15) is 54.9 Å². The summed E-state index contributed by atoms with van der Waals surface area (Å²) in [5.74, 6) is -0.442. The third-order valence-corrected chi connectivity index (χ3v) is 4.16. The number of halogens is 3.